The van der Waals surface area contributed by atoms with Gasteiger partial charge in [0.25, 0.3) is 0 Å². The highest BCUT2D eigenvalue weighted by atomic mass is 79.9. The maximum absolute atomic E-state index is 10.7. The van der Waals surface area contributed by atoms with E-state index < -0.39 is 5.97 Å². The lowest BCUT2D eigenvalue weighted by molar-refractivity contribution is 0.0686. The molecule has 0 unspecified atom stereocenters. The average Bonchev–Trinajstić information content (AvgIpc) is 2.78. The van der Waals surface area contributed by atoms with Crippen LogP contribution in [0.15, 0.2) is 33.3 Å². The summed E-state index contributed by atoms with van der Waals surface area (Å²) in [5.74, 6) is -0.198. The second-order valence-electron chi connectivity index (χ2n) is 3.23. The first kappa shape index (κ1) is 11.7. The van der Waals surface area contributed by atoms with Crippen molar-refractivity contribution < 1.29 is 19.2 Å². The van der Waals surface area contributed by atoms with Crippen molar-refractivity contribution in [2.75, 3.05) is 7.11 Å². The number of benzene rings is 1. The van der Waals surface area contributed by atoms with Crippen LogP contribution in [0.5, 0.6) is 5.75 Å². The summed E-state index contributed by atoms with van der Waals surface area (Å²) in [6.45, 7) is 0. The van der Waals surface area contributed by atoms with Crippen molar-refractivity contribution in [2.45, 2.75) is 0 Å². The van der Waals surface area contributed by atoms with Crippen LogP contribution in [0.1, 0.15) is 10.5 Å². The summed E-state index contributed by atoms with van der Waals surface area (Å²) in [5, 5.41) is 12.2. The minimum atomic E-state index is -1.13. The Hall–Kier alpha value is -1.82. The zero-order valence-corrected chi connectivity index (χ0v) is 10.4. The maximum Gasteiger partial charge on any atom is 0.358 e. The molecular formula is C11H8BrNO4. The van der Waals surface area contributed by atoms with Crippen LogP contribution >= 0.6 is 15.9 Å². The Bertz CT molecular complexity index is 564. The van der Waals surface area contributed by atoms with E-state index in [2.05, 4.69) is 21.1 Å². The molecule has 1 aromatic carbocycles. The molecule has 1 heterocycles. The van der Waals surface area contributed by atoms with E-state index in [0.717, 1.165) is 4.47 Å². The molecule has 0 aliphatic rings. The number of halogens is 1. The van der Waals surface area contributed by atoms with Gasteiger partial charge < -0.3 is 14.4 Å². The van der Waals surface area contributed by atoms with Crippen LogP contribution in [0.25, 0.3) is 11.3 Å². The lowest BCUT2D eigenvalue weighted by Gasteiger charge is -2.05. The Labute approximate surface area is 105 Å². The Balaban J connectivity index is 2.51. The SMILES string of the molecule is COc1ccc(Br)cc1-c1cc(C(=O)O)no1. The maximum atomic E-state index is 10.7. The number of carbonyl (C=O) groups is 1. The van der Waals surface area contributed by atoms with Crippen LogP contribution in [0.4, 0.5) is 0 Å². The first-order chi connectivity index (χ1) is 8.11. The van der Waals surface area contributed by atoms with Crippen molar-refractivity contribution in [1.82, 2.24) is 5.16 Å². The molecule has 6 heteroatoms. The van der Waals surface area contributed by atoms with Gasteiger partial charge in [-0.1, -0.05) is 21.1 Å². The van der Waals surface area contributed by atoms with E-state index in [1.54, 1.807) is 12.1 Å². The summed E-state index contributed by atoms with van der Waals surface area (Å²) >= 11 is 3.32. The summed E-state index contributed by atoms with van der Waals surface area (Å²) in [6, 6.07) is 6.69. The predicted octanol–water partition coefficient (Wildman–Crippen LogP) is 2.81. The Morgan fingerprint density at radius 2 is 2.24 bits per heavy atom. The summed E-state index contributed by atoms with van der Waals surface area (Å²) in [7, 11) is 1.53. The van der Waals surface area contributed by atoms with Crippen molar-refractivity contribution in [3.05, 3.63) is 34.4 Å². The highest BCUT2D eigenvalue weighted by Crippen LogP contribution is 2.32. The molecule has 1 N–H and O–H groups in total. The third-order valence-electron chi connectivity index (χ3n) is 2.16. The van der Waals surface area contributed by atoms with Gasteiger partial charge in [0.05, 0.1) is 12.7 Å². The monoisotopic (exact) mass is 297 g/mol. The third kappa shape index (κ3) is 2.31. The van der Waals surface area contributed by atoms with Crippen molar-refractivity contribution in [3.63, 3.8) is 0 Å². The Morgan fingerprint density at radius 3 is 2.82 bits per heavy atom. The summed E-state index contributed by atoms with van der Waals surface area (Å²) in [5.41, 5.74) is 0.504. The van der Waals surface area contributed by atoms with E-state index in [1.807, 2.05) is 6.07 Å². The number of aromatic nitrogens is 1. The lowest BCUT2D eigenvalue weighted by Crippen LogP contribution is -1.94. The summed E-state index contributed by atoms with van der Waals surface area (Å²) in [6.07, 6.45) is 0. The topological polar surface area (TPSA) is 72.6 Å². The molecule has 0 saturated heterocycles. The van der Waals surface area contributed by atoms with E-state index in [9.17, 15) is 4.79 Å². The normalized spacial score (nSPS) is 10.2. The highest BCUT2D eigenvalue weighted by Gasteiger charge is 2.15. The number of carboxylic acid groups (broad SMARTS) is 1. The van der Waals surface area contributed by atoms with Crippen LogP contribution in [0, 0.1) is 0 Å². The van der Waals surface area contributed by atoms with Crippen molar-refractivity contribution in [1.29, 1.82) is 0 Å². The number of rotatable bonds is 3. The number of nitrogens with zero attached hydrogens (tertiary/aromatic N) is 1. The fourth-order valence-corrected chi connectivity index (χ4v) is 1.74. The minimum Gasteiger partial charge on any atom is -0.496 e. The molecular weight excluding hydrogens is 290 g/mol. The molecule has 0 aliphatic heterocycles. The zero-order valence-electron chi connectivity index (χ0n) is 8.81. The van der Waals surface area contributed by atoms with Crippen LogP contribution in [-0.2, 0) is 0 Å². The van der Waals surface area contributed by atoms with Gasteiger partial charge in [0.15, 0.2) is 11.5 Å². The summed E-state index contributed by atoms with van der Waals surface area (Å²) in [4.78, 5) is 10.7. The molecule has 5 nitrogen and oxygen atoms in total. The number of ether oxygens (including phenoxy) is 1. The molecule has 0 spiro atoms. The van der Waals surface area contributed by atoms with Crippen molar-refractivity contribution in [2.24, 2.45) is 0 Å². The highest BCUT2D eigenvalue weighted by molar-refractivity contribution is 9.10. The van der Waals surface area contributed by atoms with Crippen LogP contribution in [-0.4, -0.2) is 23.3 Å². The second-order valence-corrected chi connectivity index (χ2v) is 4.14. The summed E-state index contributed by atoms with van der Waals surface area (Å²) < 4.78 is 11.0. The van der Waals surface area contributed by atoms with Crippen LogP contribution in [0.3, 0.4) is 0 Å². The molecule has 0 radical (unpaired) electrons. The van der Waals surface area contributed by atoms with Gasteiger partial charge in [0.2, 0.25) is 0 Å². The minimum absolute atomic E-state index is 0.137. The van der Waals surface area contributed by atoms with Gasteiger partial charge in [0, 0.05) is 10.5 Å². The van der Waals surface area contributed by atoms with Gasteiger partial charge in [-0.2, -0.15) is 0 Å². The van der Waals surface area contributed by atoms with E-state index in [-0.39, 0.29) is 5.69 Å². The van der Waals surface area contributed by atoms with Gasteiger partial charge in [-0.15, -0.1) is 0 Å². The number of aromatic carboxylic acids is 1. The number of methoxy groups -OCH3 is 1. The molecule has 0 aliphatic carbocycles. The van der Waals surface area contributed by atoms with Crippen molar-refractivity contribution in [3.8, 4) is 17.1 Å². The molecule has 88 valence electrons. The molecule has 2 aromatic rings. The van der Waals surface area contributed by atoms with Crippen LogP contribution in [0.2, 0.25) is 0 Å². The Kier molecular flexibility index (Phi) is 3.14. The standard InChI is InChI=1S/C11H8BrNO4/c1-16-9-3-2-6(12)4-7(9)10-5-8(11(14)15)13-17-10/h2-5H,1H3,(H,14,15). The first-order valence-corrected chi connectivity index (χ1v) is 5.45. The van der Waals surface area contributed by atoms with E-state index in [4.69, 9.17) is 14.4 Å². The van der Waals surface area contributed by atoms with Gasteiger partial charge in [-0.3, -0.25) is 0 Å². The average molecular weight is 298 g/mol. The third-order valence-corrected chi connectivity index (χ3v) is 2.65. The number of hydrogen-bond acceptors (Lipinski definition) is 4. The molecule has 0 amide bonds. The van der Waals surface area contributed by atoms with Gasteiger partial charge in [-0.05, 0) is 18.2 Å². The fourth-order valence-electron chi connectivity index (χ4n) is 1.38. The number of hydrogen-bond donors (Lipinski definition) is 1. The number of carboxylic acids is 1. The van der Waals surface area contributed by atoms with Gasteiger partial charge in [-0.25, -0.2) is 4.79 Å². The predicted molar refractivity (Wildman–Crippen MR) is 63.2 cm³/mol. The second kappa shape index (κ2) is 4.58. The quantitative estimate of drug-likeness (QED) is 0.943. The van der Waals surface area contributed by atoms with Gasteiger partial charge >= 0.3 is 5.97 Å². The van der Waals surface area contributed by atoms with E-state index in [1.165, 1.54) is 13.2 Å². The zero-order chi connectivity index (χ0) is 12.4. The molecule has 0 bridgehead atoms. The Morgan fingerprint density at radius 1 is 1.47 bits per heavy atom. The largest absolute Gasteiger partial charge is 0.496 e. The smallest absolute Gasteiger partial charge is 0.358 e. The molecule has 0 atom stereocenters. The molecule has 2 rings (SSSR count). The lowest BCUT2D eigenvalue weighted by atomic mass is 10.1. The molecule has 17 heavy (non-hydrogen) atoms. The molecule has 0 saturated carbocycles. The molecule has 0 fully saturated rings. The molecule has 1 aromatic heterocycles. The van der Waals surface area contributed by atoms with Crippen molar-refractivity contribution >= 4 is 21.9 Å². The first-order valence-electron chi connectivity index (χ1n) is 4.65. The van der Waals surface area contributed by atoms with E-state index >= 15 is 0 Å². The van der Waals surface area contributed by atoms with E-state index in [0.29, 0.717) is 17.1 Å². The van der Waals surface area contributed by atoms with Gasteiger partial charge in [0.1, 0.15) is 5.75 Å². The van der Waals surface area contributed by atoms with Crippen LogP contribution < -0.4 is 4.74 Å². The fraction of sp³-hybridized carbons (Fsp3) is 0.0909.